The standard InChI is InChI=1S/C33H32N4O4/c1-4-37(20(2)3)29-28(30(38)31(29)39)35-27(33(40)41)18-21-14-16-24(17-15-21)34-32-25-13-9-8-12-23(25)19-26(36-32)22-10-6-5-7-11-22/h5-17,19-20,27,35H,4,18H2,1-3H3,(H,34,36)(H,40,41). The van der Waals surface area contributed by atoms with E-state index in [1.807, 2.05) is 93.6 Å². The van der Waals surface area contributed by atoms with Crippen LogP contribution < -0.4 is 26.4 Å². The van der Waals surface area contributed by atoms with E-state index in [1.165, 1.54) is 0 Å². The van der Waals surface area contributed by atoms with Gasteiger partial charge in [0, 0.05) is 35.6 Å². The van der Waals surface area contributed by atoms with Crippen LogP contribution in [0.1, 0.15) is 26.3 Å². The summed E-state index contributed by atoms with van der Waals surface area (Å²) in [5.74, 6) is -0.384. The molecule has 0 aliphatic rings. The third kappa shape index (κ3) is 5.68. The summed E-state index contributed by atoms with van der Waals surface area (Å²) in [4.78, 5) is 43.5. The number of nitrogens with zero attached hydrogens (tertiary/aromatic N) is 2. The number of hydrogen-bond acceptors (Lipinski definition) is 7. The normalized spacial score (nSPS) is 12.0. The van der Waals surface area contributed by atoms with E-state index >= 15 is 0 Å². The van der Waals surface area contributed by atoms with Gasteiger partial charge in [0.1, 0.15) is 23.2 Å². The zero-order valence-electron chi connectivity index (χ0n) is 23.2. The number of aliphatic carboxylic acids is 1. The molecule has 0 radical (unpaired) electrons. The predicted molar refractivity (Wildman–Crippen MR) is 165 cm³/mol. The Hall–Kier alpha value is -4.98. The fraction of sp³-hybridized carbons (Fsp3) is 0.212. The van der Waals surface area contributed by atoms with E-state index in [0.29, 0.717) is 6.54 Å². The number of benzene rings is 3. The number of hydrogen-bond donors (Lipinski definition) is 3. The van der Waals surface area contributed by atoms with E-state index < -0.39 is 22.9 Å². The summed E-state index contributed by atoms with van der Waals surface area (Å²) < 4.78 is 0. The molecule has 4 aromatic carbocycles. The van der Waals surface area contributed by atoms with Crippen LogP contribution in [0.5, 0.6) is 0 Å². The number of fused-ring (bicyclic) bond motifs is 1. The number of nitrogens with one attached hydrogen (secondary N) is 2. The van der Waals surface area contributed by atoms with Crippen LogP contribution in [0.2, 0.25) is 0 Å². The maximum absolute atomic E-state index is 12.3. The first-order valence-corrected chi connectivity index (χ1v) is 13.7. The van der Waals surface area contributed by atoms with E-state index in [0.717, 1.165) is 39.1 Å². The van der Waals surface area contributed by atoms with Crippen molar-refractivity contribution in [2.24, 2.45) is 0 Å². The van der Waals surface area contributed by atoms with Gasteiger partial charge in [0.15, 0.2) is 0 Å². The molecule has 5 aromatic rings. The minimum absolute atomic E-state index is 0.00725. The summed E-state index contributed by atoms with van der Waals surface area (Å²) in [6.45, 7) is 6.26. The molecule has 8 nitrogen and oxygen atoms in total. The molecule has 1 aromatic heterocycles. The highest BCUT2D eigenvalue weighted by atomic mass is 16.4. The van der Waals surface area contributed by atoms with Crippen LogP contribution in [-0.4, -0.2) is 34.7 Å². The van der Waals surface area contributed by atoms with Gasteiger partial charge >= 0.3 is 5.97 Å². The van der Waals surface area contributed by atoms with Crippen LogP contribution in [0.25, 0.3) is 22.0 Å². The highest BCUT2D eigenvalue weighted by Gasteiger charge is 2.30. The first-order chi connectivity index (χ1) is 19.8. The van der Waals surface area contributed by atoms with Gasteiger partial charge in [-0.2, -0.15) is 0 Å². The van der Waals surface area contributed by atoms with E-state index in [4.69, 9.17) is 4.98 Å². The topological polar surface area (TPSA) is 112 Å². The molecule has 1 atom stereocenters. The highest BCUT2D eigenvalue weighted by molar-refractivity contribution is 5.96. The Labute approximate surface area is 238 Å². The van der Waals surface area contributed by atoms with Crippen LogP contribution in [0.15, 0.2) is 94.5 Å². The van der Waals surface area contributed by atoms with E-state index in [2.05, 4.69) is 22.8 Å². The van der Waals surface area contributed by atoms with Crippen LogP contribution in [0, 0.1) is 0 Å². The van der Waals surface area contributed by atoms with Crippen molar-refractivity contribution >= 4 is 39.6 Å². The van der Waals surface area contributed by atoms with E-state index in [9.17, 15) is 19.5 Å². The van der Waals surface area contributed by atoms with Crippen molar-refractivity contribution in [2.45, 2.75) is 39.3 Å². The number of aromatic nitrogens is 1. The highest BCUT2D eigenvalue weighted by Crippen LogP contribution is 2.30. The Morgan fingerprint density at radius 3 is 2.27 bits per heavy atom. The molecular weight excluding hydrogens is 516 g/mol. The minimum atomic E-state index is -1.10. The lowest BCUT2D eigenvalue weighted by atomic mass is 10.0. The third-order valence-electron chi connectivity index (χ3n) is 7.22. The molecule has 41 heavy (non-hydrogen) atoms. The predicted octanol–water partition coefficient (Wildman–Crippen LogP) is 5.58. The molecule has 0 amide bonds. The Balaban J connectivity index is 1.36. The molecule has 0 bridgehead atoms. The molecule has 5 rings (SSSR count). The van der Waals surface area contributed by atoms with Crippen LogP contribution >= 0.6 is 0 Å². The molecule has 0 aliphatic heterocycles. The molecule has 0 saturated carbocycles. The quantitative estimate of drug-likeness (QED) is 0.183. The van der Waals surface area contributed by atoms with Crippen molar-refractivity contribution in [3.05, 3.63) is 111 Å². The van der Waals surface area contributed by atoms with E-state index in [1.54, 1.807) is 4.90 Å². The number of carboxylic acids is 1. The first kappa shape index (κ1) is 27.6. The third-order valence-corrected chi connectivity index (χ3v) is 7.22. The van der Waals surface area contributed by atoms with Gasteiger partial charge in [-0.15, -0.1) is 0 Å². The lowest BCUT2D eigenvalue weighted by Crippen LogP contribution is -2.47. The molecule has 3 N–H and O–H groups in total. The smallest absolute Gasteiger partial charge is 0.326 e. The monoisotopic (exact) mass is 548 g/mol. The molecule has 0 saturated heterocycles. The van der Waals surface area contributed by atoms with Crippen molar-refractivity contribution in [3.8, 4) is 11.3 Å². The van der Waals surface area contributed by atoms with Gasteiger partial charge in [-0.1, -0.05) is 66.7 Å². The SMILES string of the molecule is CCN(c1c(NC(Cc2ccc(Nc3nc(-c4ccccc4)cc4ccccc34)cc2)C(=O)O)c(=O)c1=O)C(C)C. The molecular formula is C33H32N4O4. The minimum Gasteiger partial charge on any atom is -0.480 e. The van der Waals surface area contributed by atoms with Crippen molar-refractivity contribution in [1.29, 1.82) is 0 Å². The summed E-state index contributed by atoms with van der Waals surface area (Å²) in [7, 11) is 0. The van der Waals surface area contributed by atoms with Gasteiger partial charge in [-0.3, -0.25) is 9.59 Å². The lowest BCUT2D eigenvalue weighted by molar-refractivity contribution is -0.137. The Kier molecular flexibility index (Phi) is 7.83. The van der Waals surface area contributed by atoms with Gasteiger partial charge in [-0.05, 0) is 49.9 Å². The molecule has 0 aliphatic carbocycles. The summed E-state index contributed by atoms with van der Waals surface area (Å²) in [6.07, 6.45) is 0.131. The van der Waals surface area contributed by atoms with E-state index in [-0.39, 0.29) is 23.8 Å². The second-order valence-electron chi connectivity index (χ2n) is 10.3. The lowest BCUT2D eigenvalue weighted by Gasteiger charge is -2.31. The molecule has 1 heterocycles. The number of carbonyl (C=O) groups is 1. The second-order valence-corrected chi connectivity index (χ2v) is 10.3. The van der Waals surface area contributed by atoms with Crippen molar-refractivity contribution in [1.82, 2.24) is 4.98 Å². The van der Waals surface area contributed by atoms with Crippen molar-refractivity contribution in [2.75, 3.05) is 22.1 Å². The van der Waals surface area contributed by atoms with Crippen LogP contribution in [0.3, 0.4) is 0 Å². The average Bonchev–Trinajstić information content (AvgIpc) is 2.99. The first-order valence-electron chi connectivity index (χ1n) is 13.7. The van der Waals surface area contributed by atoms with Gasteiger partial charge in [0.05, 0.1) is 5.69 Å². The zero-order valence-corrected chi connectivity index (χ0v) is 23.2. The Bertz CT molecular complexity index is 1760. The van der Waals surface area contributed by atoms with Crippen molar-refractivity contribution in [3.63, 3.8) is 0 Å². The summed E-state index contributed by atoms with van der Waals surface area (Å²) in [5.41, 5.74) is 2.52. The van der Waals surface area contributed by atoms with Crippen LogP contribution in [0.4, 0.5) is 22.9 Å². The fourth-order valence-corrected chi connectivity index (χ4v) is 5.09. The average molecular weight is 549 g/mol. The van der Waals surface area contributed by atoms with Gasteiger partial charge < -0.3 is 20.6 Å². The molecule has 208 valence electrons. The number of carboxylic acid groups (broad SMARTS) is 1. The van der Waals surface area contributed by atoms with Gasteiger partial charge in [0.25, 0.3) is 10.9 Å². The number of anilines is 4. The molecule has 8 heteroatoms. The maximum atomic E-state index is 12.3. The molecule has 0 spiro atoms. The number of rotatable bonds is 11. The second kappa shape index (κ2) is 11.6. The van der Waals surface area contributed by atoms with Crippen LogP contribution in [-0.2, 0) is 11.2 Å². The molecule has 0 fully saturated rings. The maximum Gasteiger partial charge on any atom is 0.326 e. The zero-order chi connectivity index (χ0) is 29.1. The fourth-order valence-electron chi connectivity index (χ4n) is 5.09. The molecule has 1 unspecified atom stereocenters. The largest absolute Gasteiger partial charge is 0.480 e. The summed E-state index contributed by atoms with van der Waals surface area (Å²) in [5, 5.41) is 18.2. The van der Waals surface area contributed by atoms with Gasteiger partial charge in [-0.25, -0.2) is 9.78 Å². The summed E-state index contributed by atoms with van der Waals surface area (Å²) >= 11 is 0. The number of pyridine rings is 1. The Morgan fingerprint density at radius 2 is 1.61 bits per heavy atom. The van der Waals surface area contributed by atoms with Crippen molar-refractivity contribution < 1.29 is 9.90 Å². The van der Waals surface area contributed by atoms with Gasteiger partial charge in [0.2, 0.25) is 0 Å². The Morgan fingerprint density at radius 1 is 0.927 bits per heavy atom. The summed E-state index contributed by atoms with van der Waals surface area (Å²) in [6, 6.07) is 26.5.